The van der Waals surface area contributed by atoms with E-state index in [1.54, 1.807) is 11.8 Å². The lowest BCUT2D eigenvalue weighted by molar-refractivity contribution is 0.147. The van der Waals surface area contributed by atoms with Gasteiger partial charge in [-0.3, -0.25) is 0 Å². The van der Waals surface area contributed by atoms with Crippen LogP contribution >= 0.6 is 0 Å². The highest BCUT2D eigenvalue weighted by Gasteiger charge is 2.35. The average molecular weight is 272 g/mol. The van der Waals surface area contributed by atoms with Gasteiger partial charge in [-0.1, -0.05) is 23.4 Å². The molecule has 0 aliphatic carbocycles. The molecule has 6 nitrogen and oxygen atoms in total. The van der Waals surface area contributed by atoms with Crippen molar-refractivity contribution in [3.05, 3.63) is 41.5 Å². The molecule has 2 heterocycles. The molecule has 6 heteroatoms. The number of benzene rings is 1. The Labute approximate surface area is 116 Å². The summed E-state index contributed by atoms with van der Waals surface area (Å²) in [5, 5.41) is 6.67. The first-order valence-corrected chi connectivity index (χ1v) is 6.55. The first-order valence-electron chi connectivity index (χ1n) is 6.55. The van der Waals surface area contributed by atoms with Gasteiger partial charge in [-0.25, -0.2) is 4.79 Å². The molecule has 1 aromatic heterocycles. The van der Waals surface area contributed by atoms with E-state index in [0.717, 1.165) is 11.3 Å². The predicted octanol–water partition coefficient (Wildman–Crippen LogP) is 2.32. The molecule has 1 aromatic carbocycles. The molecule has 1 aliphatic heterocycles. The van der Waals surface area contributed by atoms with Crippen molar-refractivity contribution in [2.45, 2.75) is 19.8 Å². The van der Waals surface area contributed by atoms with Crippen LogP contribution < -0.4 is 5.32 Å². The van der Waals surface area contributed by atoms with E-state index in [9.17, 15) is 4.79 Å². The fourth-order valence-electron chi connectivity index (χ4n) is 2.19. The Hall–Kier alpha value is -2.37. The number of aryl methyl sites for hydroxylation is 2. The minimum Gasteiger partial charge on any atom is -0.339 e. The van der Waals surface area contributed by atoms with Crippen LogP contribution in [-0.4, -0.2) is 34.2 Å². The first-order chi connectivity index (χ1) is 9.63. The number of carbonyl (C=O) groups is 1. The topological polar surface area (TPSA) is 71.3 Å². The summed E-state index contributed by atoms with van der Waals surface area (Å²) in [6, 6.07) is 7.62. The van der Waals surface area contributed by atoms with E-state index in [0.29, 0.717) is 24.8 Å². The van der Waals surface area contributed by atoms with Crippen LogP contribution in [0.25, 0.3) is 0 Å². The fourth-order valence-corrected chi connectivity index (χ4v) is 2.19. The molecule has 104 valence electrons. The minimum atomic E-state index is -0.0909. The molecule has 0 spiro atoms. The van der Waals surface area contributed by atoms with Gasteiger partial charge in [-0.15, -0.1) is 0 Å². The van der Waals surface area contributed by atoms with Gasteiger partial charge in [0, 0.05) is 18.8 Å². The standard InChI is InChI=1S/C14H16N4O2/c1-9-5-3-4-6-12(9)16-14(19)18-7-11(8-18)13-15-10(2)17-20-13/h3-6,11H,7-8H2,1-2H3,(H,16,19). The largest absolute Gasteiger partial charge is 0.339 e. The number of hydrogen-bond acceptors (Lipinski definition) is 4. The Kier molecular flexibility index (Phi) is 3.14. The van der Waals surface area contributed by atoms with E-state index in [1.165, 1.54) is 0 Å². The molecule has 1 fully saturated rings. The lowest BCUT2D eigenvalue weighted by Gasteiger charge is -2.37. The zero-order valence-electron chi connectivity index (χ0n) is 11.5. The number of para-hydroxylation sites is 1. The number of urea groups is 1. The van der Waals surface area contributed by atoms with Crippen LogP contribution in [0.15, 0.2) is 28.8 Å². The molecule has 0 saturated carbocycles. The van der Waals surface area contributed by atoms with Crippen LogP contribution in [0, 0.1) is 13.8 Å². The Morgan fingerprint density at radius 3 is 2.75 bits per heavy atom. The summed E-state index contributed by atoms with van der Waals surface area (Å²) in [5.41, 5.74) is 1.89. The Bertz CT molecular complexity index is 632. The number of hydrogen-bond donors (Lipinski definition) is 1. The van der Waals surface area contributed by atoms with Crippen molar-refractivity contribution >= 4 is 11.7 Å². The zero-order chi connectivity index (χ0) is 14.1. The second-order valence-electron chi connectivity index (χ2n) is 5.03. The van der Waals surface area contributed by atoms with Gasteiger partial charge in [0.15, 0.2) is 5.82 Å². The highest BCUT2D eigenvalue weighted by Crippen LogP contribution is 2.26. The number of nitrogens with one attached hydrogen (secondary N) is 1. The maximum absolute atomic E-state index is 12.1. The molecule has 2 amide bonds. The van der Waals surface area contributed by atoms with E-state index < -0.39 is 0 Å². The number of anilines is 1. The Morgan fingerprint density at radius 2 is 2.10 bits per heavy atom. The van der Waals surface area contributed by atoms with E-state index in [2.05, 4.69) is 15.5 Å². The van der Waals surface area contributed by atoms with Gasteiger partial charge in [0.25, 0.3) is 0 Å². The van der Waals surface area contributed by atoms with E-state index in [4.69, 9.17) is 4.52 Å². The van der Waals surface area contributed by atoms with Gasteiger partial charge in [0.05, 0.1) is 5.92 Å². The summed E-state index contributed by atoms with van der Waals surface area (Å²) < 4.78 is 5.11. The van der Waals surface area contributed by atoms with Crippen LogP contribution in [-0.2, 0) is 0 Å². The summed E-state index contributed by atoms with van der Waals surface area (Å²) in [6.45, 7) is 4.97. The Morgan fingerprint density at radius 1 is 1.35 bits per heavy atom. The lowest BCUT2D eigenvalue weighted by atomic mass is 10.0. The van der Waals surface area contributed by atoms with Crippen molar-refractivity contribution in [3.63, 3.8) is 0 Å². The number of rotatable bonds is 2. The molecular formula is C14H16N4O2. The van der Waals surface area contributed by atoms with Crippen molar-refractivity contribution in [1.82, 2.24) is 15.0 Å². The highest BCUT2D eigenvalue weighted by molar-refractivity contribution is 5.90. The molecule has 1 saturated heterocycles. The van der Waals surface area contributed by atoms with Gasteiger partial charge in [0.1, 0.15) is 0 Å². The summed E-state index contributed by atoms with van der Waals surface area (Å²) in [6.07, 6.45) is 0. The van der Waals surface area contributed by atoms with Crippen molar-refractivity contribution in [2.24, 2.45) is 0 Å². The Balaban J connectivity index is 1.57. The summed E-state index contributed by atoms with van der Waals surface area (Å²) in [7, 11) is 0. The van der Waals surface area contributed by atoms with Gasteiger partial charge in [0.2, 0.25) is 5.89 Å². The van der Waals surface area contributed by atoms with Crippen LogP contribution in [0.5, 0.6) is 0 Å². The maximum Gasteiger partial charge on any atom is 0.321 e. The molecule has 0 unspecified atom stereocenters. The third-order valence-electron chi connectivity index (χ3n) is 3.45. The van der Waals surface area contributed by atoms with E-state index in [-0.39, 0.29) is 11.9 Å². The molecule has 20 heavy (non-hydrogen) atoms. The van der Waals surface area contributed by atoms with Crippen LogP contribution in [0.3, 0.4) is 0 Å². The van der Waals surface area contributed by atoms with Crippen LogP contribution in [0.2, 0.25) is 0 Å². The maximum atomic E-state index is 12.1. The first kappa shape index (κ1) is 12.7. The molecule has 1 aliphatic rings. The molecule has 0 atom stereocenters. The van der Waals surface area contributed by atoms with Crippen molar-refractivity contribution < 1.29 is 9.32 Å². The summed E-state index contributed by atoms with van der Waals surface area (Å²) in [5.74, 6) is 1.39. The molecular weight excluding hydrogens is 256 g/mol. The average Bonchev–Trinajstić information content (AvgIpc) is 2.77. The molecule has 0 bridgehead atoms. The minimum absolute atomic E-state index is 0.0909. The molecule has 0 radical (unpaired) electrons. The monoisotopic (exact) mass is 272 g/mol. The van der Waals surface area contributed by atoms with Gasteiger partial charge in [-0.05, 0) is 25.5 Å². The quantitative estimate of drug-likeness (QED) is 0.910. The normalized spacial score (nSPS) is 15.0. The summed E-state index contributed by atoms with van der Waals surface area (Å²) >= 11 is 0. The van der Waals surface area contributed by atoms with Gasteiger partial charge in [-0.2, -0.15) is 4.98 Å². The number of aromatic nitrogens is 2. The number of nitrogens with zero attached hydrogens (tertiary/aromatic N) is 3. The van der Waals surface area contributed by atoms with Gasteiger partial charge >= 0.3 is 6.03 Å². The van der Waals surface area contributed by atoms with Crippen LogP contribution in [0.1, 0.15) is 23.2 Å². The van der Waals surface area contributed by atoms with Crippen molar-refractivity contribution in [3.8, 4) is 0 Å². The molecule has 2 aromatic rings. The van der Waals surface area contributed by atoms with E-state index >= 15 is 0 Å². The number of carbonyl (C=O) groups excluding carboxylic acids is 1. The second kappa shape index (κ2) is 4.96. The number of amides is 2. The SMILES string of the molecule is Cc1noc(C2CN(C(=O)Nc3ccccc3C)C2)n1. The van der Waals surface area contributed by atoms with E-state index in [1.807, 2.05) is 31.2 Å². The van der Waals surface area contributed by atoms with Gasteiger partial charge < -0.3 is 14.7 Å². The second-order valence-corrected chi connectivity index (χ2v) is 5.03. The lowest BCUT2D eigenvalue weighted by Crippen LogP contribution is -2.50. The van der Waals surface area contributed by atoms with Crippen molar-refractivity contribution in [1.29, 1.82) is 0 Å². The molecule has 3 rings (SSSR count). The highest BCUT2D eigenvalue weighted by atomic mass is 16.5. The third kappa shape index (κ3) is 2.36. The fraction of sp³-hybridized carbons (Fsp3) is 0.357. The van der Waals surface area contributed by atoms with Crippen LogP contribution in [0.4, 0.5) is 10.5 Å². The predicted molar refractivity (Wildman–Crippen MR) is 73.5 cm³/mol. The zero-order valence-corrected chi connectivity index (χ0v) is 11.5. The number of likely N-dealkylation sites (tertiary alicyclic amines) is 1. The van der Waals surface area contributed by atoms with Crippen molar-refractivity contribution in [2.75, 3.05) is 18.4 Å². The summed E-state index contributed by atoms with van der Waals surface area (Å²) in [4.78, 5) is 18.0. The smallest absolute Gasteiger partial charge is 0.321 e. The molecule has 1 N–H and O–H groups in total. The third-order valence-corrected chi connectivity index (χ3v) is 3.45.